The smallest absolute Gasteiger partial charge is 0.304 e. The molecule has 1 aromatic heterocycles. The highest BCUT2D eigenvalue weighted by Crippen LogP contribution is 2.09. The minimum Gasteiger partial charge on any atom is -0.304 e. The number of rotatable bonds is 7. The maximum Gasteiger partial charge on any atom is 0.329 e. The summed E-state index contributed by atoms with van der Waals surface area (Å²) in [5.74, 6) is 0. The highest BCUT2D eigenvalue weighted by atomic mass is 35.5. The van der Waals surface area contributed by atoms with Crippen LogP contribution in [0.1, 0.15) is 39.7 Å². The molecular formula is C13H22ClN3O2. The average molecular weight is 288 g/mol. The minimum atomic E-state index is -0.437. The molecule has 0 saturated carbocycles. The molecule has 0 fully saturated rings. The molecule has 108 valence electrons. The molecule has 0 amide bonds. The van der Waals surface area contributed by atoms with Crippen LogP contribution in [0.5, 0.6) is 0 Å². The summed E-state index contributed by atoms with van der Waals surface area (Å²) in [6, 6.07) is 1.12. The van der Waals surface area contributed by atoms with Crippen molar-refractivity contribution in [3.63, 3.8) is 0 Å². The molecule has 0 saturated heterocycles. The maximum atomic E-state index is 11.8. The number of halogens is 1. The predicted octanol–water partition coefficient (Wildman–Crippen LogP) is 1.87. The van der Waals surface area contributed by atoms with E-state index in [1.54, 1.807) is 0 Å². The standard InChI is InChI=1S/C13H22ClN3O2/c1-4-16(5-2)8-6-7-10(3)17-12(18)9-11(14)15-13(17)19/h9-10H,4-8H2,1-3H3,(H,15,19). The van der Waals surface area contributed by atoms with Crippen LogP contribution in [-0.4, -0.2) is 34.1 Å². The first kappa shape index (κ1) is 16.0. The summed E-state index contributed by atoms with van der Waals surface area (Å²) < 4.78 is 1.23. The van der Waals surface area contributed by atoms with E-state index < -0.39 is 5.69 Å². The van der Waals surface area contributed by atoms with Crippen molar-refractivity contribution in [2.24, 2.45) is 0 Å². The molecule has 0 radical (unpaired) electrons. The van der Waals surface area contributed by atoms with Crippen LogP contribution in [0.3, 0.4) is 0 Å². The minimum absolute atomic E-state index is 0.0848. The summed E-state index contributed by atoms with van der Waals surface area (Å²) in [7, 11) is 0. The summed E-state index contributed by atoms with van der Waals surface area (Å²) in [4.78, 5) is 28.2. The predicted molar refractivity (Wildman–Crippen MR) is 78.1 cm³/mol. The van der Waals surface area contributed by atoms with Crippen LogP contribution in [0.2, 0.25) is 5.15 Å². The molecule has 1 heterocycles. The Kier molecular flexibility index (Phi) is 6.31. The van der Waals surface area contributed by atoms with Crippen LogP contribution < -0.4 is 11.2 Å². The van der Waals surface area contributed by atoms with Gasteiger partial charge in [0.1, 0.15) is 5.15 Å². The van der Waals surface area contributed by atoms with E-state index in [1.165, 1.54) is 10.6 Å². The van der Waals surface area contributed by atoms with E-state index in [1.807, 2.05) is 6.92 Å². The monoisotopic (exact) mass is 287 g/mol. The lowest BCUT2D eigenvalue weighted by Gasteiger charge is -2.19. The lowest BCUT2D eigenvalue weighted by molar-refractivity contribution is 0.286. The molecular weight excluding hydrogens is 266 g/mol. The Morgan fingerprint density at radius 3 is 2.53 bits per heavy atom. The molecule has 0 aliphatic heterocycles. The van der Waals surface area contributed by atoms with Gasteiger partial charge in [-0.25, -0.2) is 4.79 Å². The zero-order valence-electron chi connectivity index (χ0n) is 11.8. The van der Waals surface area contributed by atoms with Crippen molar-refractivity contribution in [1.29, 1.82) is 0 Å². The summed E-state index contributed by atoms with van der Waals surface area (Å²) >= 11 is 5.63. The third-order valence-corrected chi connectivity index (χ3v) is 3.57. The highest BCUT2D eigenvalue weighted by Gasteiger charge is 2.11. The second-order valence-electron chi connectivity index (χ2n) is 4.65. The topological polar surface area (TPSA) is 58.1 Å². The number of nitrogens with zero attached hydrogens (tertiary/aromatic N) is 2. The third kappa shape index (κ3) is 4.51. The van der Waals surface area contributed by atoms with E-state index in [0.717, 1.165) is 32.5 Å². The first-order valence-corrected chi connectivity index (χ1v) is 7.11. The Morgan fingerprint density at radius 2 is 2.00 bits per heavy atom. The fourth-order valence-electron chi connectivity index (χ4n) is 2.17. The van der Waals surface area contributed by atoms with Crippen LogP contribution in [0.15, 0.2) is 15.7 Å². The van der Waals surface area contributed by atoms with Gasteiger partial charge < -0.3 is 4.90 Å². The van der Waals surface area contributed by atoms with Gasteiger partial charge in [-0.3, -0.25) is 14.3 Å². The van der Waals surface area contributed by atoms with Gasteiger partial charge in [0.25, 0.3) is 5.56 Å². The molecule has 1 N–H and O–H groups in total. The third-order valence-electron chi connectivity index (χ3n) is 3.36. The van der Waals surface area contributed by atoms with Gasteiger partial charge in [-0.2, -0.15) is 0 Å². The Hall–Kier alpha value is -1.07. The van der Waals surface area contributed by atoms with Gasteiger partial charge >= 0.3 is 5.69 Å². The van der Waals surface area contributed by atoms with Gasteiger partial charge in [-0.05, 0) is 39.4 Å². The lowest BCUT2D eigenvalue weighted by Crippen LogP contribution is -2.37. The van der Waals surface area contributed by atoms with Crippen LogP contribution in [-0.2, 0) is 0 Å². The van der Waals surface area contributed by atoms with Crippen molar-refractivity contribution in [3.05, 3.63) is 32.1 Å². The zero-order chi connectivity index (χ0) is 14.4. The maximum absolute atomic E-state index is 11.8. The Morgan fingerprint density at radius 1 is 1.37 bits per heavy atom. The van der Waals surface area contributed by atoms with Crippen molar-refractivity contribution >= 4 is 11.6 Å². The first-order valence-electron chi connectivity index (χ1n) is 6.73. The molecule has 1 aromatic rings. The van der Waals surface area contributed by atoms with Crippen LogP contribution in [0.25, 0.3) is 0 Å². The van der Waals surface area contributed by atoms with Crippen LogP contribution in [0, 0.1) is 0 Å². The van der Waals surface area contributed by atoms with Gasteiger partial charge in [0.2, 0.25) is 0 Å². The fourth-order valence-corrected chi connectivity index (χ4v) is 2.35. The van der Waals surface area contributed by atoms with Crippen molar-refractivity contribution < 1.29 is 0 Å². The quantitative estimate of drug-likeness (QED) is 0.779. The molecule has 0 aliphatic carbocycles. The summed E-state index contributed by atoms with van der Waals surface area (Å²) in [5.41, 5.74) is -0.781. The number of aromatic nitrogens is 2. The molecule has 0 bridgehead atoms. The van der Waals surface area contributed by atoms with Gasteiger partial charge in [0.15, 0.2) is 0 Å². The Labute approximate surface area is 118 Å². The number of aromatic amines is 1. The average Bonchev–Trinajstić information content (AvgIpc) is 2.33. The number of H-pyrrole nitrogens is 1. The van der Waals surface area contributed by atoms with Gasteiger partial charge in [0.05, 0.1) is 0 Å². The molecule has 0 aromatic carbocycles. The van der Waals surface area contributed by atoms with E-state index in [0.29, 0.717) is 0 Å². The van der Waals surface area contributed by atoms with Crippen LogP contribution >= 0.6 is 11.6 Å². The van der Waals surface area contributed by atoms with Gasteiger partial charge in [-0.1, -0.05) is 25.4 Å². The van der Waals surface area contributed by atoms with E-state index in [4.69, 9.17) is 11.6 Å². The molecule has 0 spiro atoms. The van der Waals surface area contributed by atoms with Crippen molar-refractivity contribution in [2.75, 3.05) is 19.6 Å². The zero-order valence-corrected chi connectivity index (χ0v) is 12.5. The number of hydrogen-bond acceptors (Lipinski definition) is 3. The summed E-state index contributed by atoms with van der Waals surface area (Å²) in [6.07, 6.45) is 1.75. The van der Waals surface area contributed by atoms with Crippen molar-refractivity contribution in [1.82, 2.24) is 14.5 Å². The van der Waals surface area contributed by atoms with Gasteiger partial charge in [0, 0.05) is 12.1 Å². The molecule has 1 rings (SSSR count). The lowest BCUT2D eigenvalue weighted by atomic mass is 10.1. The molecule has 0 aliphatic rings. The van der Waals surface area contributed by atoms with Crippen LogP contribution in [0.4, 0.5) is 0 Å². The second kappa shape index (κ2) is 7.50. The normalized spacial score (nSPS) is 12.9. The molecule has 6 heteroatoms. The highest BCUT2D eigenvalue weighted by molar-refractivity contribution is 6.29. The first-order chi connectivity index (χ1) is 8.99. The number of nitrogens with one attached hydrogen (secondary N) is 1. The van der Waals surface area contributed by atoms with Crippen molar-refractivity contribution in [3.8, 4) is 0 Å². The summed E-state index contributed by atoms with van der Waals surface area (Å²) in [6.45, 7) is 9.16. The molecule has 19 heavy (non-hydrogen) atoms. The fraction of sp³-hybridized carbons (Fsp3) is 0.692. The second-order valence-corrected chi connectivity index (χ2v) is 5.06. The molecule has 1 atom stereocenters. The van der Waals surface area contributed by atoms with E-state index in [2.05, 4.69) is 23.7 Å². The van der Waals surface area contributed by atoms with Crippen molar-refractivity contribution in [2.45, 2.75) is 39.7 Å². The number of hydrogen-bond donors (Lipinski definition) is 1. The SMILES string of the molecule is CCN(CC)CCCC(C)n1c(=O)cc(Cl)[nH]c1=O. The largest absolute Gasteiger partial charge is 0.329 e. The van der Waals surface area contributed by atoms with Gasteiger partial charge in [-0.15, -0.1) is 0 Å². The van der Waals surface area contributed by atoms with E-state index in [-0.39, 0.29) is 16.8 Å². The Bertz CT molecular complexity index is 474. The van der Waals surface area contributed by atoms with E-state index >= 15 is 0 Å². The van der Waals surface area contributed by atoms with E-state index in [9.17, 15) is 9.59 Å². The summed E-state index contributed by atoms with van der Waals surface area (Å²) in [5, 5.41) is 0.0848. The molecule has 5 nitrogen and oxygen atoms in total. The Balaban J connectivity index is 2.67. The molecule has 1 unspecified atom stereocenters.